The van der Waals surface area contributed by atoms with Crippen molar-refractivity contribution < 1.29 is 24.2 Å². The maximum absolute atomic E-state index is 12.7. The molecule has 1 aliphatic rings. The van der Waals surface area contributed by atoms with Gasteiger partial charge in [-0.05, 0) is 47.3 Å². The van der Waals surface area contributed by atoms with Crippen molar-refractivity contribution >= 4 is 27.8 Å². The zero-order valence-corrected chi connectivity index (χ0v) is 14.8. The van der Waals surface area contributed by atoms with Gasteiger partial charge in [-0.2, -0.15) is 0 Å². The van der Waals surface area contributed by atoms with Gasteiger partial charge < -0.3 is 19.5 Å². The summed E-state index contributed by atoms with van der Waals surface area (Å²) in [6.45, 7) is 2.98. The minimum absolute atomic E-state index is 0.309. The van der Waals surface area contributed by atoms with E-state index >= 15 is 0 Å². The first-order valence-corrected chi connectivity index (χ1v) is 8.33. The van der Waals surface area contributed by atoms with Crippen LogP contribution in [-0.2, 0) is 4.79 Å². The van der Waals surface area contributed by atoms with Gasteiger partial charge >= 0.3 is 5.97 Å². The highest BCUT2D eigenvalue weighted by molar-refractivity contribution is 9.10. The predicted molar refractivity (Wildman–Crippen MR) is 88.2 cm³/mol. The Morgan fingerprint density at radius 2 is 2.17 bits per heavy atom. The van der Waals surface area contributed by atoms with Crippen LogP contribution in [0, 0.1) is 0 Å². The lowest BCUT2D eigenvalue weighted by Crippen LogP contribution is -2.40. The molecular weight excluding hydrogens is 366 g/mol. The number of hydrogen-bond donors (Lipinski definition) is 1. The number of ether oxygens (including phenoxy) is 2. The summed E-state index contributed by atoms with van der Waals surface area (Å²) >= 11 is 3.40. The van der Waals surface area contributed by atoms with E-state index in [-0.39, 0.29) is 5.91 Å². The van der Waals surface area contributed by atoms with Crippen molar-refractivity contribution in [2.75, 3.05) is 20.3 Å². The molecular formula is C16H20BrNO5. The van der Waals surface area contributed by atoms with Crippen molar-refractivity contribution in [1.82, 2.24) is 4.90 Å². The smallest absolute Gasteiger partial charge is 0.326 e. The van der Waals surface area contributed by atoms with Crippen molar-refractivity contribution in [2.24, 2.45) is 0 Å². The van der Waals surface area contributed by atoms with Gasteiger partial charge in [0.25, 0.3) is 5.91 Å². The van der Waals surface area contributed by atoms with Crippen LogP contribution in [0.3, 0.4) is 0 Å². The second-order valence-electron chi connectivity index (χ2n) is 5.33. The molecule has 7 heteroatoms. The molecule has 23 heavy (non-hydrogen) atoms. The van der Waals surface area contributed by atoms with Gasteiger partial charge in [-0.1, -0.05) is 6.92 Å². The van der Waals surface area contributed by atoms with Gasteiger partial charge in [0.2, 0.25) is 0 Å². The van der Waals surface area contributed by atoms with Crippen LogP contribution in [0.15, 0.2) is 16.6 Å². The maximum Gasteiger partial charge on any atom is 0.326 e. The number of amides is 1. The molecule has 0 aromatic heterocycles. The number of methoxy groups -OCH3 is 1. The summed E-state index contributed by atoms with van der Waals surface area (Å²) in [5, 5.41) is 9.23. The average Bonchev–Trinajstić information content (AvgIpc) is 3.02. The van der Waals surface area contributed by atoms with Crippen molar-refractivity contribution in [3.05, 3.63) is 22.2 Å². The quantitative estimate of drug-likeness (QED) is 0.814. The Kier molecular flexibility index (Phi) is 5.87. The van der Waals surface area contributed by atoms with Crippen molar-refractivity contribution in [1.29, 1.82) is 0 Å². The number of carbonyl (C=O) groups is 2. The molecule has 2 rings (SSSR count). The zero-order valence-electron chi connectivity index (χ0n) is 13.2. The van der Waals surface area contributed by atoms with Crippen LogP contribution in [0.5, 0.6) is 11.5 Å². The first-order chi connectivity index (χ1) is 11.0. The van der Waals surface area contributed by atoms with Gasteiger partial charge in [-0.3, -0.25) is 4.79 Å². The van der Waals surface area contributed by atoms with Gasteiger partial charge in [0.15, 0.2) is 11.5 Å². The zero-order chi connectivity index (χ0) is 17.0. The normalized spacial score (nSPS) is 17.2. The summed E-state index contributed by atoms with van der Waals surface area (Å²) in [5.74, 6) is -0.287. The van der Waals surface area contributed by atoms with Crippen LogP contribution in [0.1, 0.15) is 36.5 Å². The van der Waals surface area contributed by atoms with E-state index < -0.39 is 12.0 Å². The van der Waals surface area contributed by atoms with E-state index in [0.29, 0.717) is 47.5 Å². The maximum atomic E-state index is 12.7. The Bertz CT molecular complexity index is 604. The average molecular weight is 386 g/mol. The highest BCUT2D eigenvalue weighted by Gasteiger charge is 2.34. The number of aliphatic carboxylic acids is 1. The molecule has 0 bridgehead atoms. The predicted octanol–water partition coefficient (Wildman–Crippen LogP) is 2.94. The molecule has 126 valence electrons. The van der Waals surface area contributed by atoms with E-state index in [0.717, 1.165) is 6.42 Å². The molecule has 0 unspecified atom stereocenters. The number of benzene rings is 1. The molecule has 0 aliphatic carbocycles. The van der Waals surface area contributed by atoms with Gasteiger partial charge in [0.1, 0.15) is 6.04 Å². The number of likely N-dealkylation sites (tertiary alicyclic amines) is 1. The number of carboxylic acid groups (broad SMARTS) is 1. The van der Waals surface area contributed by atoms with Gasteiger partial charge in [-0.25, -0.2) is 4.79 Å². The van der Waals surface area contributed by atoms with E-state index in [4.69, 9.17) is 9.47 Å². The molecule has 6 nitrogen and oxygen atoms in total. The highest BCUT2D eigenvalue weighted by Crippen LogP contribution is 2.37. The Hall–Kier alpha value is -1.76. The molecule has 1 aromatic carbocycles. The first kappa shape index (κ1) is 17.6. The first-order valence-electron chi connectivity index (χ1n) is 7.53. The van der Waals surface area contributed by atoms with Crippen molar-refractivity contribution in [2.45, 2.75) is 32.2 Å². The van der Waals surface area contributed by atoms with Crippen LogP contribution in [0.25, 0.3) is 0 Å². The van der Waals surface area contributed by atoms with Gasteiger partial charge in [-0.15, -0.1) is 0 Å². The third kappa shape index (κ3) is 3.77. The number of rotatable bonds is 6. The van der Waals surface area contributed by atoms with E-state index in [1.807, 2.05) is 6.92 Å². The van der Waals surface area contributed by atoms with Gasteiger partial charge in [0, 0.05) is 12.1 Å². The number of hydrogen-bond acceptors (Lipinski definition) is 4. The second-order valence-corrected chi connectivity index (χ2v) is 6.19. The number of nitrogens with zero attached hydrogens (tertiary/aromatic N) is 1. The van der Waals surface area contributed by atoms with Gasteiger partial charge in [0.05, 0.1) is 18.2 Å². The Balaban J connectivity index is 2.30. The molecule has 0 spiro atoms. The van der Waals surface area contributed by atoms with Crippen LogP contribution in [0.2, 0.25) is 0 Å². The molecule has 1 saturated heterocycles. The fourth-order valence-electron chi connectivity index (χ4n) is 2.62. The summed E-state index contributed by atoms with van der Waals surface area (Å²) in [6, 6.07) is 2.48. The lowest BCUT2D eigenvalue weighted by atomic mass is 10.1. The molecule has 0 radical (unpaired) electrons. The molecule has 1 N–H and O–H groups in total. The Morgan fingerprint density at radius 3 is 2.78 bits per heavy atom. The summed E-state index contributed by atoms with van der Waals surface area (Å²) in [6.07, 6.45) is 2.03. The van der Waals surface area contributed by atoms with Crippen molar-refractivity contribution in [3.8, 4) is 11.5 Å². The standard InChI is InChI=1S/C16H20BrNO5/c1-3-7-23-14-11(17)8-10(9-13(14)22-2)15(19)18-6-4-5-12(18)16(20)21/h8-9,12H,3-7H2,1-2H3,(H,20,21)/t12-/m0/s1. The summed E-state index contributed by atoms with van der Waals surface area (Å²) < 4.78 is 11.6. The molecule has 1 heterocycles. The van der Waals surface area contributed by atoms with Crippen LogP contribution in [-0.4, -0.2) is 48.2 Å². The topological polar surface area (TPSA) is 76.1 Å². The SMILES string of the molecule is CCCOc1c(Br)cc(C(=O)N2CCC[C@H]2C(=O)O)cc1OC. The highest BCUT2D eigenvalue weighted by atomic mass is 79.9. The summed E-state index contributed by atoms with van der Waals surface area (Å²) in [4.78, 5) is 25.3. The number of carbonyl (C=O) groups excluding carboxylic acids is 1. The number of carboxylic acids is 1. The number of halogens is 1. The third-order valence-corrected chi connectivity index (χ3v) is 4.31. The van der Waals surface area contributed by atoms with Crippen molar-refractivity contribution in [3.63, 3.8) is 0 Å². The fraction of sp³-hybridized carbons (Fsp3) is 0.500. The van der Waals surface area contributed by atoms with E-state index in [2.05, 4.69) is 15.9 Å². The molecule has 0 saturated carbocycles. The second kappa shape index (κ2) is 7.68. The largest absolute Gasteiger partial charge is 0.493 e. The third-order valence-electron chi connectivity index (χ3n) is 3.73. The lowest BCUT2D eigenvalue weighted by Gasteiger charge is -2.22. The van der Waals surface area contributed by atoms with E-state index in [1.165, 1.54) is 12.0 Å². The monoisotopic (exact) mass is 385 g/mol. The van der Waals surface area contributed by atoms with Crippen LogP contribution >= 0.6 is 15.9 Å². The Labute approximate surface area is 143 Å². The van der Waals surface area contributed by atoms with E-state index in [1.54, 1.807) is 12.1 Å². The minimum atomic E-state index is -0.968. The Morgan fingerprint density at radius 1 is 1.43 bits per heavy atom. The molecule has 1 atom stereocenters. The van der Waals surface area contributed by atoms with Crippen LogP contribution < -0.4 is 9.47 Å². The minimum Gasteiger partial charge on any atom is -0.493 e. The summed E-state index contributed by atoms with van der Waals surface area (Å²) in [7, 11) is 1.50. The molecule has 1 fully saturated rings. The summed E-state index contributed by atoms with van der Waals surface area (Å²) in [5.41, 5.74) is 0.380. The molecule has 1 aromatic rings. The molecule has 1 aliphatic heterocycles. The fourth-order valence-corrected chi connectivity index (χ4v) is 3.18. The van der Waals surface area contributed by atoms with Crippen LogP contribution in [0.4, 0.5) is 0 Å². The lowest BCUT2D eigenvalue weighted by molar-refractivity contribution is -0.141. The van der Waals surface area contributed by atoms with E-state index in [9.17, 15) is 14.7 Å². The molecule has 1 amide bonds.